The van der Waals surface area contributed by atoms with Gasteiger partial charge >= 0.3 is 5.97 Å². The Morgan fingerprint density at radius 3 is 2.10 bits per heavy atom. The number of hydrogen-bond donors (Lipinski definition) is 2. The number of ether oxygens (including phenoxy) is 1. The Balaban J connectivity index is 4.27. The first-order valence-corrected chi connectivity index (χ1v) is 8.22. The van der Waals surface area contributed by atoms with Gasteiger partial charge < -0.3 is 14.9 Å². The van der Waals surface area contributed by atoms with Crippen molar-refractivity contribution in [2.75, 3.05) is 0 Å². The van der Waals surface area contributed by atoms with Crippen LogP contribution in [0.25, 0.3) is 0 Å². The summed E-state index contributed by atoms with van der Waals surface area (Å²) >= 11 is 0. The lowest BCUT2D eigenvalue weighted by Gasteiger charge is -2.16. The molecular weight excluding hydrogens is 268 g/mol. The van der Waals surface area contributed by atoms with Crippen molar-refractivity contribution in [3.63, 3.8) is 0 Å². The highest BCUT2D eigenvalue weighted by atomic mass is 16.5. The quantitative estimate of drug-likeness (QED) is 0.329. The van der Waals surface area contributed by atoms with Crippen LogP contribution < -0.4 is 0 Å². The number of rotatable bonds is 12. The van der Waals surface area contributed by atoms with E-state index < -0.39 is 12.2 Å². The van der Waals surface area contributed by atoms with Crippen molar-refractivity contribution in [3.8, 4) is 0 Å². The van der Waals surface area contributed by atoms with Crippen LogP contribution in [-0.2, 0) is 9.53 Å². The van der Waals surface area contributed by atoms with E-state index in [4.69, 9.17) is 4.74 Å². The van der Waals surface area contributed by atoms with Crippen LogP contribution in [0, 0.1) is 0 Å². The van der Waals surface area contributed by atoms with Gasteiger partial charge in [0.05, 0.1) is 12.2 Å². The molecule has 0 aliphatic carbocycles. The van der Waals surface area contributed by atoms with Crippen LogP contribution in [0.3, 0.4) is 0 Å². The normalized spacial score (nSPS) is 15.9. The van der Waals surface area contributed by atoms with E-state index in [2.05, 4.69) is 13.8 Å². The maximum Gasteiger partial charge on any atom is 0.303 e. The fraction of sp³-hybridized carbons (Fsp3) is 0.824. The summed E-state index contributed by atoms with van der Waals surface area (Å²) in [6, 6.07) is 0. The summed E-state index contributed by atoms with van der Waals surface area (Å²) in [5, 5.41) is 19.7. The van der Waals surface area contributed by atoms with Crippen LogP contribution >= 0.6 is 0 Å². The fourth-order valence-corrected chi connectivity index (χ4v) is 2.14. The highest BCUT2D eigenvalue weighted by molar-refractivity contribution is 5.66. The number of unbranched alkanes of at least 4 members (excludes halogenated alkanes) is 4. The van der Waals surface area contributed by atoms with Crippen LogP contribution in [0.2, 0.25) is 0 Å². The number of esters is 1. The van der Waals surface area contributed by atoms with E-state index >= 15 is 0 Å². The first-order valence-electron chi connectivity index (χ1n) is 8.22. The van der Waals surface area contributed by atoms with Crippen LogP contribution in [0.1, 0.15) is 72.1 Å². The van der Waals surface area contributed by atoms with Gasteiger partial charge in [0, 0.05) is 6.92 Å². The van der Waals surface area contributed by atoms with E-state index in [1.807, 2.05) is 0 Å². The number of aliphatic hydroxyl groups excluding tert-OH is 2. The molecule has 4 nitrogen and oxygen atoms in total. The largest absolute Gasteiger partial charge is 0.458 e. The highest BCUT2D eigenvalue weighted by Crippen LogP contribution is 2.12. The molecule has 0 amide bonds. The third kappa shape index (κ3) is 11.5. The molecule has 0 aromatic rings. The monoisotopic (exact) mass is 300 g/mol. The molecule has 0 aliphatic heterocycles. The zero-order valence-corrected chi connectivity index (χ0v) is 13.8. The molecule has 2 N–H and O–H groups in total. The van der Waals surface area contributed by atoms with Crippen LogP contribution in [0.15, 0.2) is 12.2 Å². The second-order valence-corrected chi connectivity index (χ2v) is 5.58. The molecule has 21 heavy (non-hydrogen) atoms. The van der Waals surface area contributed by atoms with Gasteiger partial charge in [-0.25, -0.2) is 0 Å². The Morgan fingerprint density at radius 1 is 1.00 bits per heavy atom. The van der Waals surface area contributed by atoms with Gasteiger partial charge in [0.25, 0.3) is 0 Å². The van der Waals surface area contributed by atoms with Gasteiger partial charge in [-0.15, -0.1) is 0 Å². The zero-order valence-electron chi connectivity index (χ0n) is 13.8. The van der Waals surface area contributed by atoms with Crippen molar-refractivity contribution < 1.29 is 19.7 Å². The van der Waals surface area contributed by atoms with Crippen molar-refractivity contribution in [1.29, 1.82) is 0 Å². The molecule has 0 saturated carbocycles. The molecule has 3 atom stereocenters. The first kappa shape index (κ1) is 20.1. The summed E-state index contributed by atoms with van der Waals surface area (Å²) < 4.78 is 5.21. The molecule has 0 heterocycles. The van der Waals surface area contributed by atoms with Gasteiger partial charge in [0.1, 0.15) is 6.10 Å². The summed E-state index contributed by atoms with van der Waals surface area (Å²) in [5.74, 6) is -0.320. The summed E-state index contributed by atoms with van der Waals surface area (Å²) in [6.07, 6.45) is 8.87. The minimum Gasteiger partial charge on any atom is -0.458 e. The molecule has 0 aromatic carbocycles. The van der Waals surface area contributed by atoms with Crippen molar-refractivity contribution in [1.82, 2.24) is 0 Å². The molecule has 0 unspecified atom stereocenters. The smallest absolute Gasteiger partial charge is 0.303 e. The predicted molar refractivity (Wildman–Crippen MR) is 85.0 cm³/mol. The van der Waals surface area contributed by atoms with Gasteiger partial charge in [-0.3, -0.25) is 4.79 Å². The van der Waals surface area contributed by atoms with Gasteiger partial charge in [0.2, 0.25) is 0 Å². The fourth-order valence-electron chi connectivity index (χ4n) is 2.14. The van der Waals surface area contributed by atoms with Gasteiger partial charge in [-0.2, -0.15) is 0 Å². The molecule has 4 heteroatoms. The summed E-state index contributed by atoms with van der Waals surface area (Å²) in [6.45, 7) is 5.60. The molecule has 0 spiro atoms. The van der Waals surface area contributed by atoms with Crippen molar-refractivity contribution >= 4 is 5.97 Å². The van der Waals surface area contributed by atoms with Crippen molar-refractivity contribution in [2.24, 2.45) is 0 Å². The Kier molecular flexibility index (Phi) is 12.3. The summed E-state index contributed by atoms with van der Waals surface area (Å²) in [7, 11) is 0. The van der Waals surface area contributed by atoms with Gasteiger partial charge in [-0.1, -0.05) is 52.0 Å². The molecule has 124 valence electrons. The lowest BCUT2D eigenvalue weighted by atomic mass is 10.0. The molecule has 0 radical (unpaired) electrons. The summed E-state index contributed by atoms with van der Waals surface area (Å²) in [5.41, 5.74) is 0. The van der Waals surface area contributed by atoms with Crippen molar-refractivity contribution in [3.05, 3.63) is 12.2 Å². The Morgan fingerprint density at radius 2 is 1.57 bits per heavy atom. The minimum absolute atomic E-state index is 0.313. The predicted octanol–water partition coefficient (Wildman–Crippen LogP) is 3.36. The third-order valence-corrected chi connectivity index (χ3v) is 3.43. The van der Waals surface area contributed by atoms with Crippen molar-refractivity contribution in [2.45, 2.75) is 90.4 Å². The lowest BCUT2D eigenvalue weighted by molar-refractivity contribution is -0.144. The minimum atomic E-state index is -0.897. The van der Waals surface area contributed by atoms with E-state index in [1.54, 1.807) is 12.2 Å². The van der Waals surface area contributed by atoms with Gasteiger partial charge in [0.15, 0.2) is 0 Å². The second kappa shape index (κ2) is 12.8. The van der Waals surface area contributed by atoms with Crippen LogP contribution in [0.5, 0.6) is 0 Å². The number of carbonyl (C=O) groups is 1. The Labute approximate surface area is 129 Å². The van der Waals surface area contributed by atoms with Gasteiger partial charge in [-0.05, 0) is 25.3 Å². The lowest BCUT2D eigenvalue weighted by Crippen LogP contribution is -2.24. The topological polar surface area (TPSA) is 66.8 Å². The SMILES string of the molecule is CCCCC[C@H](/C=C/[C@H](O)[C@@H](O)CCCCC)OC(C)=O. The summed E-state index contributed by atoms with van der Waals surface area (Å²) in [4.78, 5) is 11.1. The molecule has 0 aromatic heterocycles. The second-order valence-electron chi connectivity index (χ2n) is 5.58. The molecule has 0 aliphatic rings. The zero-order chi connectivity index (χ0) is 16.1. The third-order valence-electron chi connectivity index (χ3n) is 3.43. The Hall–Kier alpha value is -0.870. The highest BCUT2D eigenvalue weighted by Gasteiger charge is 2.14. The number of hydrogen-bond acceptors (Lipinski definition) is 4. The maximum atomic E-state index is 11.1. The molecule has 0 saturated heterocycles. The van der Waals surface area contributed by atoms with E-state index in [0.717, 1.165) is 44.9 Å². The standard InChI is InChI=1S/C17H32O4/c1-4-6-8-10-15(21-14(3)18)12-13-17(20)16(19)11-9-7-5-2/h12-13,15-17,19-20H,4-11H2,1-3H3/b13-12+/t15-,16+,17+/m1/s1. The van der Waals surface area contributed by atoms with E-state index in [1.165, 1.54) is 6.92 Å². The van der Waals surface area contributed by atoms with E-state index in [0.29, 0.717) is 6.42 Å². The molecular formula is C17H32O4. The molecule has 0 fully saturated rings. The maximum absolute atomic E-state index is 11.1. The van der Waals surface area contributed by atoms with Crippen LogP contribution in [-0.4, -0.2) is 34.5 Å². The van der Waals surface area contributed by atoms with E-state index in [-0.39, 0.29) is 12.1 Å². The average molecular weight is 300 g/mol. The first-order chi connectivity index (χ1) is 10.0. The average Bonchev–Trinajstić information content (AvgIpc) is 2.44. The van der Waals surface area contributed by atoms with E-state index in [9.17, 15) is 15.0 Å². The molecule has 0 bridgehead atoms. The number of carbonyl (C=O) groups excluding carboxylic acids is 1. The molecule has 0 rings (SSSR count). The Bertz CT molecular complexity index is 289. The number of aliphatic hydroxyl groups is 2. The van der Waals surface area contributed by atoms with Crippen LogP contribution in [0.4, 0.5) is 0 Å².